The molecule has 0 spiro atoms. The van der Waals surface area contributed by atoms with Crippen LogP contribution in [-0.4, -0.2) is 36.1 Å². The Morgan fingerprint density at radius 3 is 3.12 bits per heavy atom. The molecule has 94 valence electrons. The molecule has 2 heterocycles. The first-order chi connectivity index (χ1) is 8.16. The van der Waals surface area contributed by atoms with Gasteiger partial charge in [0, 0.05) is 12.2 Å². The van der Waals surface area contributed by atoms with E-state index in [0.29, 0.717) is 29.2 Å². The van der Waals surface area contributed by atoms with E-state index >= 15 is 0 Å². The van der Waals surface area contributed by atoms with Crippen molar-refractivity contribution in [3.8, 4) is 5.88 Å². The quantitative estimate of drug-likeness (QED) is 0.900. The summed E-state index contributed by atoms with van der Waals surface area (Å²) < 4.78 is 5.67. The zero-order chi connectivity index (χ0) is 12.3. The summed E-state index contributed by atoms with van der Waals surface area (Å²) in [7, 11) is 2.13. The second kappa shape index (κ2) is 5.56. The molecule has 0 aromatic carbocycles. The number of aromatic nitrogens is 1. The van der Waals surface area contributed by atoms with Gasteiger partial charge in [-0.25, -0.2) is 4.98 Å². The van der Waals surface area contributed by atoms with Crippen LogP contribution in [0.5, 0.6) is 5.88 Å². The van der Waals surface area contributed by atoms with E-state index in [1.54, 1.807) is 12.3 Å². The van der Waals surface area contributed by atoms with Gasteiger partial charge in [-0.15, -0.1) is 0 Å². The molecule has 1 aromatic heterocycles. The number of hydrogen-bond donors (Lipinski definition) is 1. The highest BCUT2D eigenvalue weighted by molar-refractivity contribution is 6.30. The molecule has 5 heteroatoms. The van der Waals surface area contributed by atoms with Crippen molar-refractivity contribution in [3.05, 3.63) is 17.3 Å². The molecule has 0 radical (unpaired) electrons. The lowest BCUT2D eigenvalue weighted by Gasteiger charge is -2.32. The molecule has 2 rings (SSSR count). The van der Waals surface area contributed by atoms with E-state index < -0.39 is 0 Å². The summed E-state index contributed by atoms with van der Waals surface area (Å²) in [6, 6.07) is 2.12. The number of pyridine rings is 1. The van der Waals surface area contributed by atoms with E-state index in [9.17, 15) is 0 Å². The second-order valence-corrected chi connectivity index (χ2v) is 4.93. The molecule has 1 aromatic rings. The number of ether oxygens (including phenoxy) is 1. The lowest BCUT2D eigenvalue weighted by molar-refractivity contribution is 0.123. The Kier molecular flexibility index (Phi) is 4.07. The summed E-state index contributed by atoms with van der Waals surface area (Å²) in [5.74, 6) is 0.480. The second-order valence-electron chi connectivity index (χ2n) is 4.49. The first-order valence-electron chi connectivity index (χ1n) is 5.91. The summed E-state index contributed by atoms with van der Waals surface area (Å²) in [6.07, 6.45) is 5.26. The predicted molar refractivity (Wildman–Crippen MR) is 69.4 cm³/mol. The minimum Gasteiger partial charge on any atom is -0.475 e. The van der Waals surface area contributed by atoms with Crippen molar-refractivity contribution in [2.45, 2.75) is 25.3 Å². The van der Waals surface area contributed by atoms with Gasteiger partial charge in [-0.1, -0.05) is 18.0 Å². The Hall–Kier alpha value is -1.00. The molecule has 1 fully saturated rings. The van der Waals surface area contributed by atoms with Crippen LogP contribution in [0.25, 0.3) is 0 Å². The standard InChI is InChI=1S/C12H18ClN3O/c1-16-5-3-2-4-10(16)8-17-12-11(14)6-9(13)7-15-12/h6-7,10H,2-5,8,14H2,1H3. The molecule has 1 aliphatic rings. The minimum absolute atomic E-state index is 0.459. The van der Waals surface area contributed by atoms with Crippen molar-refractivity contribution < 1.29 is 4.74 Å². The summed E-state index contributed by atoms with van der Waals surface area (Å²) in [5.41, 5.74) is 6.28. The molecule has 2 N–H and O–H groups in total. The van der Waals surface area contributed by atoms with Gasteiger partial charge in [0.15, 0.2) is 0 Å². The van der Waals surface area contributed by atoms with Gasteiger partial charge in [0.05, 0.1) is 10.7 Å². The maximum absolute atomic E-state index is 5.79. The molecule has 0 bridgehead atoms. The normalized spacial score (nSPS) is 21.4. The fourth-order valence-corrected chi connectivity index (χ4v) is 2.26. The third-order valence-corrected chi connectivity index (χ3v) is 3.39. The zero-order valence-corrected chi connectivity index (χ0v) is 10.8. The number of nitrogens with two attached hydrogens (primary N) is 1. The fraction of sp³-hybridized carbons (Fsp3) is 0.583. The molecule has 1 aliphatic heterocycles. The van der Waals surface area contributed by atoms with Gasteiger partial charge < -0.3 is 15.4 Å². The van der Waals surface area contributed by atoms with E-state index in [0.717, 1.165) is 6.54 Å². The molecule has 1 saturated heterocycles. The monoisotopic (exact) mass is 255 g/mol. The largest absolute Gasteiger partial charge is 0.475 e. The fourth-order valence-electron chi connectivity index (χ4n) is 2.09. The highest BCUT2D eigenvalue weighted by Crippen LogP contribution is 2.23. The van der Waals surface area contributed by atoms with Crippen molar-refractivity contribution >= 4 is 17.3 Å². The van der Waals surface area contributed by atoms with Crippen molar-refractivity contribution in [1.82, 2.24) is 9.88 Å². The molecular formula is C12H18ClN3O. The molecule has 1 atom stereocenters. The van der Waals surface area contributed by atoms with Crippen molar-refractivity contribution in [3.63, 3.8) is 0 Å². The Labute approximate surface area is 107 Å². The predicted octanol–water partition coefficient (Wildman–Crippen LogP) is 2.18. The van der Waals surface area contributed by atoms with E-state index in [4.69, 9.17) is 22.1 Å². The van der Waals surface area contributed by atoms with E-state index in [-0.39, 0.29) is 0 Å². The molecule has 1 unspecified atom stereocenters. The molecule has 17 heavy (non-hydrogen) atoms. The number of anilines is 1. The van der Waals surface area contributed by atoms with Gasteiger partial charge in [-0.2, -0.15) is 0 Å². The lowest BCUT2D eigenvalue weighted by atomic mass is 10.0. The number of likely N-dealkylation sites (N-methyl/N-ethyl adjacent to an activating group) is 1. The Morgan fingerprint density at radius 1 is 1.59 bits per heavy atom. The number of piperidine rings is 1. The molecule has 4 nitrogen and oxygen atoms in total. The molecule has 0 saturated carbocycles. The number of rotatable bonds is 3. The van der Waals surface area contributed by atoms with Crippen LogP contribution in [0, 0.1) is 0 Å². The topological polar surface area (TPSA) is 51.4 Å². The number of nitrogen functional groups attached to an aromatic ring is 1. The van der Waals surface area contributed by atoms with Crippen LogP contribution in [0.2, 0.25) is 5.02 Å². The van der Waals surface area contributed by atoms with Gasteiger partial charge >= 0.3 is 0 Å². The van der Waals surface area contributed by atoms with E-state index in [2.05, 4.69) is 16.9 Å². The summed E-state index contributed by atoms with van der Waals surface area (Å²) >= 11 is 5.78. The lowest BCUT2D eigenvalue weighted by Crippen LogP contribution is -2.40. The number of hydrogen-bond acceptors (Lipinski definition) is 4. The molecule has 0 aliphatic carbocycles. The third kappa shape index (κ3) is 3.23. The van der Waals surface area contributed by atoms with Gasteiger partial charge in [-0.05, 0) is 32.5 Å². The first kappa shape index (κ1) is 12.5. The van der Waals surface area contributed by atoms with Gasteiger partial charge in [0.25, 0.3) is 0 Å². The van der Waals surface area contributed by atoms with Gasteiger partial charge in [-0.3, -0.25) is 0 Å². The zero-order valence-electron chi connectivity index (χ0n) is 10.0. The average Bonchev–Trinajstić information content (AvgIpc) is 2.30. The first-order valence-corrected chi connectivity index (χ1v) is 6.28. The third-order valence-electron chi connectivity index (χ3n) is 3.18. The van der Waals surface area contributed by atoms with Crippen LogP contribution in [0.3, 0.4) is 0 Å². The van der Waals surface area contributed by atoms with Gasteiger partial charge in [0.2, 0.25) is 5.88 Å². The van der Waals surface area contributed by atoms with Crippen LogP contribution >= 0.6 is 11.6 Å². The van der Waals surface area contributed by atoms with E-state index in [1.165, 1.54) is 19.3 Å². The number of halogens is 1. The SMILES string of the molecule is CN1CCCCC1COc1ncc(Cl)cc1N. The maximum Gasteiger partial charge on any atom is 0.237 e. The summed E-state index contributed by atoms with van der Waals surface area (Å²) in [4.78, 5) is 6.42. The Morgan fingerprint density at radius 2 is 2.41 bits per heavy atom. The van der Waals surface area contributed by atoms with Crippen LogP contribution in [-0.2, 0) is 0 Å². The Balaban J connectivity index is 1.92. The maximum atomic E-state index is 5.79. The molecular weight excluding hydrogens is 238 g/mol. The van der Waals surface area contributed by atoms with Crippen molar-refractivity contribution in [1.29, 1.82) is 0 Å². The minimum atomic E-state index is 0.459. The number of likely N-dealkylation sites (tertiary alicyclic amines) is 1. The smallest absolute Gasteiger partial charge is 0.237 e. The van der Waals surface area contributed by atoms with Crippen LogP contribution < -0.4 is 10.5 Å². The highest BCUT2D eigenvalue weighted by atomic mass is 35.5. The Bertz CT molecular complexity index is 386. The van der Waals surface area contributed by atoms with Crippen molar-refractivity contribution in [2.24, 2.45) is 0 Å². The number of nitrogens with zero attached hydrogens (tertiary/aromatic N) is 2. The highest BCUT2D eigenvalue weighted by Gasteiger charge is 2.19. The summed E-state index contributed by atoms with van der Waals surface area (Å²) in [5, 5.41) is 0.532. The average molecular weight is 256 g/mol. The van der Waals surface area contributed by atoms with E-state index in [1.807, 2.05) is 0 Å². The van der Waals surface area contributed by atoms with Crippen LogP contribution in [0.4, 0.5) is 5.69 Å². The van der Waals surface area contributed by atoms with Crippen LogP contribution in [0.1, 0.15) is 19.3 Å². The summed E-state index contributed by atoms with van der Waals surface area (Å²) in [6.45, 7) is 1.77. The van der Waals surface area contributed by atoms with Crippen molar-refractivity contribution in [2.75, 3.05) is 25.9 Å². The van der Waals surface area contributed by atoms with Gasteiger partial charge in [0.1, 0.15) is 6.61 Å². The molecule has 0 amide bonds. The van der Waals surface area contributed by atoms with Crippen LogP contribution in [0.15, 0.2) is 12.3 Å².